The van der Waals surface area contributed by atoms with Crippen LogP contribution in [-0.4, -0.2) is 16.5 Å². The third-order valence-corrected chi connectivity index (χ3v) is 2.34. The van der Waals surface area contributed by atoms with Gasteiger partial charge in [-0.1, -0.05) is 12.8 Å². The standard InChI is InChI=1S/C6H11NOS2/c8-5-6(9,10)3-1-2-4-7-5/h9-10H,1-4H2,(H,7,8)/p-2. The van der Waals surface area contributed by atoms with E-state index in [1.165, 1.54) is 0 Å². The summed E-state index contributed by atoms with van der Waals surface area (Å²) >= 11 is 9.81. The molecule has 1 amide bonds. The summed E-state index contributed by atoms with van der Waals surface area (Å²) in [7, 11) is 0. The van der Waals surface area contributed by atoms with Crippen LogP contribution in [-0.2, 0) is 30.1 Å². The zero-order valence-electron chi connectivity index (χ0n) is 5.55. The summed E-state index contributed by atoms with van der Waals surface area (Å²) in [5.41, 5.74) is 0. The van der Waals surface area contributed by atoms with Gasteiger partial charge in [0, 0.05) is 6.54 Å². The molecule has 1 heterocycles. The summed E-state index contributed by atoms with van der Waals surface area (Å²) in [5, 5.41) is 2.69. The average molecular weight is 175 g/mol. The van der Waals surface area contributed by atoms with Gasteiger partial charge in [0.1, 0.15) is 0 Å². The van der Waals surface area contributed by atoms with Gasteiger partial charge in [0.05, 0.1) is 0 Å². The first-order valence-electron chi connectivity index (χ1n) is 3.32. The monoisotopic (exact) mass is 175 g/mol. The van der Waals surface area contributed by atoms with Gasteiger partial charge in [0.15, 0.2) is 5.91 Å². The number of nitrogens with one attached hydrogen (secondary N) is 1. The molecule has 2 nitrogen and oxygen atoms in total. The van der Waals surface area contributed by atoms with Crippen molar-refractivity contribution in [1.29, 1.82) is 0 Å². The molecule has 0 spiro atoms. The van der Waals surface area contributed by atoms with Crippen molar-refractivity contribution in [2.24, 2.45) is 0 Å². The van der Waals surface area contributed by atoms with Crippen molar-refractivity contribution in [2.75, 3.05) is 6.54 Å². The second-order valence-corrected chi connectivity index (χ2v) is 4.12. The number of hydrogen-bond donors (Lipinski definition) is 1. The van der Waals surface area contributed by atoms with Gasteiger partial charge < -0.3 is 30.6 Å². The Hall–Kier alpha value is 0.170. The van der Waals surface area contributed by atoms with Gasteiger partial charge in [-0.3, -0.25) is 4.79 Å². The third kappa shape index (κ3) is 1.83. The van der Waals surface area contributed by atoms with Crippen LogP contribution in [0, 0.1) is 0 Å². The minimum absolute atomic E-state index is 0.157. The maximum atomic E-state index is 11.0. The van der Waals surface area contributed by atoms with Crippen molar-refractivity contribution >= 4 is 31.2 Å². The Morgan fingerprint density at radius 3 is 2.80 bits per heavy atom. The maximum absolute atomic E-state index is 11.0. The van der Waals surface area contributed by atoms with Gasteiger partial charge >= 0.3 is 0 Å². The van der Waals surface area contributed by atoms with E-state index in [2.05, 4.69) is 5.32 Å². The molecule has 0 saturated carbocycles. The van der Waals surface area contributed by atoms with Crippen LogP contribution >= 0.6 is 0 Å². The molecule has 4 heteroatoms. The highest BCUT2D eigenvalue weighted by Crippen LogP contribution is 2.16. The van der Waals surface area contributed by atoms with Gasteiger partial charge in [0.25, 0.3) is 0 Å². The van der Waals surface area contributed by atoms with Crippen molar-refractivity contribution in [3.8, 4) is 0 Å². The molecule has 1 N–H and O–H groups in total. The lowest BCUT2D eigenvalue weighted by atomic mass is 10.2. The highest BCUT2D eigenvalue weighted by atomic mass is 32.2. The van der Waals surface area contributed by atoms with Gasteiger partial charge in [0.2, 0.25) is 0 Å². The molecule has 1 rings (SSSR count). The van der Waals surface area contributed by atoms with Crippen molar-refractivity contribution in [1.82, 2.24) is 5.32 Å². The highest BCUT2D eigenvalue weighted by molar-refractivity contribution is 7.81. The minimum atomic E-state index is -0.962. The third-order valence-electron chi connectivity index (χ3n) is 1.56. The van der Waals surface area contributed by atoms with Gasteiger partial charge in [-0.05, 0) is 6.42 Å². The SMILES string of the molecule is O=C1NCCCCC1([S-])[S-]. The topological polar surface area (TPSA) is 29.1 Å². The van der Waals surface area contributed by atoms with Crippen LogP contribution in [0.4, 0.5) is 0 Å². The fourth-order valence-corrected chi connectivity index (χ4v) is 1.37. The fraction of sp³-hybridized carbons (Fsp3) is 0.833. The van der Waals surface area contributed by atoms with E-state index in [1.54, 1.807) is 0 Å². The maximum Gasteiger partial charge on any atom is 0.178 e. The quantitative estimate of drug-likeness (QED) is 0.529. The van der Waals surface area contributed by atoms with Crippen LogP contribution in [0.2, 0.25) is 0 Å². The van der Waals surface area contributed by atoms with E-state index in [0.717, 1.165) is 19.4 Å². The highest BCUT2D eigenvalue weighted by Gasteiger charge is 2.12. The van der Waals surface area contributed by atoms with E-state index in [1.807, 2.05) is 0 Å². The largest absolute Gasteiger partial charge is 0.802 e. The van der Waals surface area contributed by atoms with Crippen LogP contribution in [0.5, 0.6) is 0 Å². The second kappa shape index (κ2) is 3.05. The molecule has 0 aromatic rings. The van der Waals surface area contributed by atoms with E-state index in [0.29, 0.717) is 6.42 Å². The molecule has 1 aliphatic heterocycles. The molecule has 1 aliphatic rings. The summed E-state index contributed by atoms with van der Waals surface area (Å²) in [6, 6.07) is 0. The summed E-state index contributed by atoms with van der Waals surface area (Å²) in [6.45, 7) is 0.730. The zero-order valence-corrected chi connectivity index (χ0v) is 7.19. The van der Waals surface area contributed by atoms with Gasteiger partial charge in [-0.15, -0.1) is 0 Å². The van der Waals surface area contributed by atoms with Crippen LogP contribution in [0.25, 0.3) is 0 Å². The zero-order chi connectivity index (χ0) is 7.61. The molecule has 0 aliphatic carbocycles. The first kappa shape index (κ1) is 8.27. The second-order valence-electron chi connectivity index (χ2n) is 2.47. The molecule has 0 unspecified atom stereocenters. The van der Waals surface area contributed by atoms with Crippen LogP contribution in [0.15, 0.2) is 0 Å². The molecule has 1 saturated heterocycles. The lowest BCUT2D eigenvalue weighted by Crippen LogP contribution is -2.41. The smallest absolute Gasteiger partial charge is 0.178 e. The van der Waals surface area contributed by atoms with Gasteiger partial charge in [-0.2, -0.15) is 4.08 Å². The van der Waals surface area contributed by atoms with Crippen molar-refractivity contribution in [3.05, 3.63) is 0 Å². The number of hydrogen-bond acceptors (Lipinski definition) is 3. The number of carbonyl (C=O) groups is 1. The predicted octanol–water partition coefficient (Wildman–Crippen LogP) is 0.0766. The molecule has 10 heavy (non-hydrogen) atoms. The summed E-state index contributed by atoms with van der Waals surface area (Å²) in [5.74, 6) is -0.157. The lowest BCUT2D eigenvalue weighted by Gasteiger charge is -2.46. The van der Waals surface area contributed by atoms with Crippen molar-refractivity contribution in [3.63, 3.8) is 0 Å². The molecule has 0 aromatic carbocycles. The lowest BCUT2D eigenvalue weighted by molar-refractivity contribution is -0.121. The van der Waals surface area contributed by atoms with E-state index >= 15 is 0 Å². The van der Waals surface area contributed by atoms with E-state index in [9.17, 15) is 4.79 Å². The van der Waals surface area contributed by atoms with Gasteiger partial charge in [-0.25, -0.2) is 0 Å². The first-order valence-corrected chi connectivity index (χ1v) is 4.14. The Kier molecular flexibility index (Phi) is 2.52. The molecule has 0 aromatic heterocycles. The molecule has 0 radical (unpaired) electrons. The Bertz CT molecular complexity index is 147. The molecule has 0 atom stereocenters. The first-order chi connectivity index (χ1) is 4.63. The minimum Gasteiger partial charge on any atom is -0.802 e. The average Bonchev–Trinajstić information content (AvgIpc) is 1.96. The Morgan fingerprint density at radius 2 is 2.10 bits per heavy atom. The van der Waals surface area contributed by atoms with Crippen molar-refractivity contribution in [2.45, 2.75) is 23.3 Å². The molecular formula is C6H9NOS2-2. The predicted molar refractivity (Wildman–Crippen MR) is 44.3 cm³/mol. The Balaban J connectivity index is 2.61. The van der Waals surface area contributed by atoms with E-state index in [-0.39, 0.29) is 5.91 Å². The fourth-order valence-electron chi connectivity index (χ4n) is 0.933. The molecule has 58 valence electrons. The van der Waals surface area contributed by atoms with Crippen molar-refractivity contribution < 1.29 is 4.79 Å². The van der Waals surface area contributed by atoms with Crippen LogP contribution in [0.1, 0.15) is 19.3 Å². The summed E-state index contributed by atoms with van der Waals surface area (Å²) in [4.78, 5) is 11.0. The number of amides is 1. The summed E-state index contributed by atoms with van der Waals surface area (Å²) in [6.07, 6.45) is 2.62. The van der Waals surface area contributed by atoms with E-state index < -0.39 is 4.08 Å². The van der Waals surface area contributed by atoms with Crippen LogP contribution in [0.3, 0.4) is 0 Å². The Labute approximate surface area is 71.6 Å². The number of rotatable bonds is 0. The normalized spacial score (nSPS) is 25.2. The molecule has 0 bridgehead atoms. The van der Waals surface area contributed by atoms with Crippen LogP contribution < -0.4 is 5.32 Å². The summed E-state index contributed by atoms with van der Waals surface area (Å²) < 4.78 is -0.962. The molecule has 1 fully saturated rings. The van der Waals surface area contributed by atoms with E-state index in [4.69, 9.17) is 25.3 Å². The number of carbonyl (C=O) groups excluding carboxylic acids is 1. The Morgan fingerprint density at radius 1 is 1.40 bits per heavy atom. The molecular weight excluding hydrogens is 166 g/mol.